The Balaban J connectivity index is 2.08. The molecule has 3 aromatic rings. The number of sulfonamides is 1. The minimum atomic E-state index is -3.81. The molecular formula is C31H38BrN3O4S. The molecule has 2 atom stereocenters. The second-order valence-corrected chi connectivity index (χ2v) is 13.0. The van der Waals surface area contributed by atoms with Gasteiger partial charge in [-0.1, -0.05) is 77.5 Å². The summed E-state index contributed by atoms with van der Waals surface area (Å²) in [5.41, 5.74) is 3.86. The van der Waals surface area contributed by atoms with Gasteiger partial charge in [0.1, 0.15) is 12.6 Å². The Hall–Kier alpha value is -3.17. The van der Waals surface area contributed by atoms with E-state index in [0.29, 0.717) is 5.69 Å². The molecule has 0 radical (unpaired) electrons. The number of nitrogens with zero attached hydrogens (tertiary/aromatic N) is 2. The van der Waals surface area contributed by atoms with Gasteiger partial charge in [-0.2, -0.15) is 0 Å². The molecule has 0 saturated carbocycles. The maximum Gasteiger partial charge on any atom is 0.244 e. The summed E-state index contributed by atoms with van der Waals surface area (Å²) in [5, 5.41) is 3.04. The summed E-state index contributed by atoms with van der Waals surface area (Å²) >= 11 is 3.45. The summed E-state index contributed by atoms with van der Waals surface area (Å²) < 4.78 is 28.0. The van der Waals surface area contributed by atoms with E-state index in [4.69, 9.17) is 0 Å². The van der Waals surface area contributed by atoms with Gasteiger partial charge < -0.3 is 10.2 Å². The van der Waals surface area contributed by atoms with Crippen molar-refractivity contribution in [3.05, 3.63) is 99.5 Å². The van der Waals surface area contributed by atoms with Crippen molar-refractivity contribution in [3.8, 4) is 0 Å². The molecule has 0 aliphatic rings. The number of benzene rings is 3. The highest BCUT2D eigenvalue weighted by atomic mass is 79.9. The lowest BCUT2D eigenvalue weighted by Gasteiger charge is -2.34. The monoisotopic (exact) mass is 627 g/mol. The number of nitrogens with one attached hydrogen (secondary N) is 1. The van der Waals surface area contributed by atoms with Crippen LogP contribution in [0.5, 0.6) is 0 Å². The Labute approximate surface area is 246 Å². The van der Waals surface area contributed by atoms with E-state index in [9.17, 15) is 18.0 Å². The molecule has 3 rings (SSSR count). The summed E-state index contributed by atoms with van der Waals surface area (Å²) in [6.45, 7) is 7.35. The Bertz CT molecular complexity index is 1410. The molecule has 0 heterocycles. The lowest BCUT2D eigenvalue weighted by Crippen LogP contribution is -2.54. The lowest BCUT2D eigenvalue weighted by atomic mass is 10.0. The standard InChI is InChI=1S/C31H38BrN3O4S/c1-6-23(3)33-31(37)29(19-25-12-8-7-9-13-25)34(20-26-15-17-27(32)18-16-26)30(36)21-35(40(5,38)39)28-14-10-11-22(2)24(28)4/h7-18,23,29H,6,19-21H2,1-5H3,(H,33,37). The highest BCUT2D eigenvalue weighted by Gasteiger charge is 2.33. The van der Waals surface area contributed by atoms with E-state index < -0.39 is 28.5 Å². The third-order valence-corrected chi connectivity index (χ3v) is 8.72. The van der Waals surface area contributed by atoms with Gasteiger partial charge in [0.05, 0.1) is 11.9 Å². The van der Waals surface area contributed by atoms with Crippen molar-refractivity contribution in [1.82, 2.24) is 10.2 Å². The fourth-order valence-electron chi connectivity index (χ4n) is 4.38. The van der Waals surface area contributed by atoms with Gasteiger partial charge in [0.2, 0.25) is 21.8 Å². The van der Waals surface area contributed by atoms with Crippen LogP contribution in [0.2, 0.25) is 0 Å². The van der Waals surface area contributed by atoms with Crippen molar-refractivity contribution in [1.29, 1.82) is 0 Å². The van der Waals surface area contributed by atoms with Gasteiger partial charge >= 0.3 is 0 Å². The summed E-state index contributed by atoms with van der Waals surface area (Å²) in [7, 11) is -3.81. The van der Waals surface area contributed by atoms with Crippen LogP contribution in [-0.4, -0.2) is 50.0 Å². The molecule has 0 bridgehead atoms. The normalized spacial score (nSPS) is 12.8. The minimum absolute atomic E-state index is 0.0853. The molecule has 40 heavy (non-hydrogen) atoms. The van der Waals surface area contributed by atoms with E-state index in [-0.39, 0.29) is 24.9 Å². The molecule has 0 aliphatic carbocycles. The van der Waals surface area contributed by atoms with Crippen molar-refractivity contribution in [3.63, 3.8) is 0 Å². The van der Waals surface area contributed by atoms with Gasteiger partial charge in [0.15, 0.2) is 0 Å². The molecule has 2 unspecified atom stereocenters. The van der Waals surface area contributed by atoms with Crippen LogP contribution in [0.3, 0.4) is 0 Å². The third kappa shape index (κ3) is 8.41. The molecular weight excluding hydrogens is 590 g/mol. The Morgan fingerprint density at radius 3 is 2.17 bits per heavy atom. The molecule has 214 valence electrons. The topological polar surface area (TPSA) is 86.8 Å². The number of carbonyl (C=O) groups excluding carboxylic acids is 2. The Kier molecular flexibility index (Phi) is 10.9. The van der Waals surface area contributed by atoms with E-state index >= 15 is 0 Å². The number of halogens is 1. The van der Waals surface area contributed by atoms with E-state index in [0.717, 1.165) is 43.7 Å². The van der Waals surface area contributed by atoms with Crippen LogP contribution in [0, 0.1) is 13.8 Å². The zero-order valence-electron chi connectivity index (χ0n) is 23.7. The number of anilines is 1. The van der Waals surface area contributed by atoms with Gasteiger partial charge in [-0.15, -0.1) is 0 Å². The van der Waals surface area contributed by atoms with Crippen LogP contribution < -0.4 is 9.62 Å². The molecule has 0 spiro atoms. The van der Waals surface area contributed by atoms with Crippen molar-refractivity contribution in [2.24, 2.45) is 0 Å². The first-order valence-electron chi connectivity index (χ1n) is 13.3. The highest BCUT2D eigenvalue weighted by molar-refractivity contribution is 9.10. The average Bonchev–Trinajstić information content (AvgIpc) is 2.91. The highest BCUT2D eigenvalue weighted by Crippen LogP contribution is 2.26. The summed E-state index contributed by atoms with van der Waals surface area (Å²) in [6.07, 6.45) is 2.12. The van der Waals surface area contributed by atoms with Crippen molar-refractivity contribution < 1.29 is 18.0 Å². The smallest absolute Gasteiger partial charge is 0.244 e. The maximum absolute atomic E-state index is 14.2. The minimum Gasteiger partial charge on any atom is -0.352 e. The van der Waals surface area contributed by atoms with Gasteiger partial charge in [0, 0.05) is 23.5 Å². The molecule has 9 heteroatoms. The molecule has 0 aliphatic heterocycles. The van der Waals surface area contributed by atoms with Crippen molar-refractivity contribution in [2.45, 2.75) is 59.2 Å². The predicted octanol–water partition coefficient (Wildman–Crippen LogP) is 5.39. The molecule has 2 amide bonds. The van der Waals surface area contributed by atoms with Gasteiger partial charge in [-0.05, 0) is 67.6 Å². The lowest BCUT2D eigenvalue weighted by molar-refractivity contribution is -0.140. The van der Waals surface area contributed by atoms with Gasteiger partial charge in [0.25, 0.3) is 0 Å². The van der Waals surface area contributed by atoms with Crippen LogP contribution in [0.4, 0.5) is 5.69 Å². The fourth-order valence-corrected chi connectivity index (χ4v) is 5.55. The van der Waals surface area contributed by atoms with Crippen LogP contribution in [0.15, 0.2) is 77.3 Å². The van der Waals surface area contributed by atoms with E-state index in [1.807, 2.05) is 88.4 Å². The van der Waals surface area contributed by atoms with Gasteiger partial charge in [-0.3, -0.25) is 13.9 Å². The first-order chi connectivity index (χ1) is 18.9. The predicted molar refractivity (Wildman–Crippen MR) is 165 cm³/mol. The van der Waals surface area contributed by atoms with E-state index in [2.05, 4.69) is 21.2 Å². The number of amides is 2. The first kappa shape index (κ1) is 31.4. The fraction of sp³-hybridized carbons (Fsp3) is 0.355. The number of hydrogen-bond acceptors (Lipinski definition) is 4. The van der Waals surface area contributed by atoms with Crippen LogP contribution in [-0.2, 0) is 32.6 Å². The molecule has 1 N–H and O–H groups in total. The zero-order valence-corrected chi connectivity index (χ0v) is 26.1. The SMILES string of the molecule is CCC(C)NC(=O)C(Cc1ccccc1)N(Cc1ccc(Br)cc1)C(=O)CN(c1cccc(C)c1C)S(C)(=O)=O. The third-order valence-electron chi connectivity index (χ3n) is 7.06. The number of carbonyl (C=O) groups is 2. The van der Waals surface area contributed by atoms with Crippen LogP contribution in [0.25, 0.3) is 0 Å². The molecule has 3 aromatic carbocycles. The average molecular weight is 629 g/mol. The Morgan fingerprint density at radius 1 is 0.925 bits per heavy atom. The summed E-state index contributed by atoms with van der Waals surface area (Å²) in [4.78, 5) is 29.4. The molecule has 0 aromatic heterocycles. The first-order valence-corrected chi connectivity index (χ1v) is 16.0. The second-order valence-electron chi connectivity index (χ2n) is 10.2. The van der Waals surface area contributed by atoms with Crippen LogP contribution >= 0.6 is 15.9 Å². The van der Waals surface area contributed by atoms with Gasteiger partial charge in [-0.25, -0.2) is 8.42 Å². The number of rotatable bonds is 12. The summed E-state index contributed by atoms with van der Waals surface area (Å²) in [6, 6.07) is 21.5. The van der Waals surface area contributed by atoms with E-state index in [1.54, 1.807) is 12.1 Å². The summed E-state index contributed by atoms with van der Waals surface area (Å²) in [5.74, 6) is -0.740. The zero-order chi connectivity index (χ0) is 29.4. The second kappa shape index (κ2) is 13.9. The number of hydrogen-bond donors (Lipinski definition) is 1. The van der Waals surface area contributed by atoms with Crippen molar-refractivity contribution in [2.75, 3.05) is 17.1 Å². The molecule has 7 nitrogen and oxygen atoms in total. The number of aryl methyl sites for hydroxylation is 1. The van der Waals surface area contributed by atoms with E-state index in [1.165, 1.54) is 4.90 Å². The van der Waals surface area contributed by atoms with Crippen molar-refractivity contribution >= 4 is 43.5 Å². The molecule has 0 saturated heterocycles. The quantitative estimate of drug-likeness (QED) is 0.292. The largest absolute Gasteiger partial charge is 0.352 e. The molecule has 0 fully saturated rings. The van der Waals surface area contributed by atoms with Crippen LogP contribution in [0.1, 0.15) is 42.5 Å². The maximum atomic E-state index is 14.2. The Morgan fingerprint density at radius 2 is 1.57 bits per heavy atom.